The highest BCUT2D eigenvalue weighted by atomic mass is 16.5. The molecule has 0 aliphatic heterocycles. The van der Waals surface area contributed by atoms with Crippen molar-refractivity contribution in [3.05, 3.63) is 40.8 Å². The van der Waals surface area contributed by atoms with Crippen LogP contribution in [-0.4, -0.2) is 34.6 Å². The van der Waals surface area contributed by atoms with Crippen LogP contribution < -0.4 is 10.9 Å². The van der Waals surface area contributed by atoms with Crippen molar-refractivity contribution in [2.75, 3.05) is 6.61 Å². The van der Waals surface area contributed by atoms with Gasteiger partial charge in [-0.1, -0.05) is 32.0 Å². The largest absolute Gasteiger partial charge is 0.378 e. The van der Waals surface area contributed by atoms with Gasteiger partial charge < -0.3 is 10.1 Å². The van der Waals surface area contributed by atoms with Crippen LogP contribution in [-0.2, 0) is 11.3 Å². The summed E-state index contributed by atoms with van der Waals surface area (Å²) in [7, 11) is 0. The Hall–Kier alpha value is -1.72. The van der Waals surface area contributed by atoms with Crippen LogP contribution in [0.15, 0.2) is 35.3 Å². The number of benzene rings is 1. The summed E-state index contributed by atoms with van der Waals surface area (Å²) in [6.45, 7) is 9.94. The fourth-order valence-corrected chi connectivity index (χ4v) is 3.57. The fourth-order valence-electron chi connectivity index (χ4n) is 3.57. The molecule has 1 aromatic carbocycles. The first-order valence-corrected chi connectivity index (χ1v) is 8.76. The zero-order valence-corrected chi connectivity index (χ0v) is 15.0. The number of hydrogen-bond acceptors (Lipinski definition) is 4. The molecule has 130 valence electrons. The smallest absolute Gasteiger partial charge is 0.274 e. The lowest BCUT2D eigenvalue weighted by Gasteiger charge is -2.52. The lowest BCUT2D eigenvalue weighted by molar-refractivity contribution is -0.116. The minimum absolute atomic E-state index is 0.0261. The van der Waals surface area contributed by atoms with Gasteiger partial charge in [0.2, 0.25) is 0 Å². The maximum atomic E-state index is 12.6. The van der Waals surface area contributed by atoms with E-state index in [1.54, 1.807) is 10.9 Å². The Morgan fingerprint density at radius 2 is 2.17 bits per heavy atom. The fraction of sp³-hybridized carbons (Fsp3) is 0.579. The number of rotatable bonds is 6. The first kappa shape index (κ1) is 17.1. The average molecular weight is 329 g/mol. The molecule has 0 bridgehead atoms. The highest BCUT2D eigenvalue weighted by Crippen LogP contribution is 2.42. The third kappa shape index (κ3) is 3.10. The van der Waals surface area contributed by atoms with Crippen molar-refractivity contribution in [2.45, 2.75) is 58.8 Å². The Labute approximate surface area is 143 Å². The molecule has 3 unspecified atom stereocenters. The normalized spacial score (nSPS) is 23.8. The summed E-state index contributed by atoms with van der Waals surface area (Å²) in [5.74, 6) is 0. The molecule has 0 spiro atoms. The van der Waals surface area contributed by atoms with Gasteiger partial charge in [-0.25, -0.2) is 4.68 Å². The molecule has 3 rings (SSSR count). The number of ether oxygens (including phenoxy) is 1. The third-order valence-electron chi connectivity index (χ3n) is 5.24. The summed E-state index contributed by atoms with van der Waals surface area (Å²) >= 11 is 0. The molecule has 1 aromatic heterocycles. The highest BCUT2D eigenvalue weighted by Gasteiger charge is 2.48. The second-order valence-electron chi connectivity index (χ2n) is 7.34. The Morgan fingerprint density at radius 3 is 2.88 bits per heavy atom. The number of nitrogens with zero attached hydrogens (tertiary/aromatic N) is 2. The molecule has 1 N–H and O–H groups in total. The summed E-state index contributed by atoms with van der Waals surface area (Å²) < 4.78 is 7.34. The van der Waals surface area contributed by atoms with Gasteiger partial charge in [0.15, 0.2) is 0 Å². The van der Waals surface area contributed by atoms with Crippen LogP contribution in [0.3, 0.4) is 0 Å². The van der Waals surface area contributed by atoms with Gasteiger partial charge >= 0.3 is 0 Å². The topological polar surface area (TPSA) is 56.1 Å². The summed E-state index contributed by atoms with van der Waals surface area (Å²) in [6.07, 6.45) is 3.10. The van der Waals surface area contributed by atoms with Gasteiger partial charge in [-0.15, -0.1) is 0 Å². The highest BCUT2D eigenvalue weighted by molar-refractivity contribution is 5.80. The molecule has 24 heavy (non-hydrogen) atoms. The van der Waals surface area contributed by atoms with E-state index in [4.69, 9.17) is 4.74 Å². The van der Waals surface area contributed by atoms with Crippen LogP contribution in [0, 0.1) is 5.41 Å². The molecule has 5 heteroatoms. The third-order valence-corrected chi connectivity index (χ3v) is 5.24. The number of fused-ring (bicyclic) bond motifs is 1. The Balaban J connectivity index is 1.67. The van der Waals surface area contributed by atoms with Gasteiger partial charge in [0, 0.05) is 29.5 Å². The number of aromatic nitrogens is 2. The molecule has 1 heterocycles. The lowest BCUT2D eigenvalue weighted by Crippen LogP contribution is -2.63. The molecule has 0 radical (unpaired) electrons. The quantitative estimate of drug-likeness (QED) is 0.885. The standard InChI is InChI=1S/C19H27N3O2/c1-5-24-17-10-16(19(17,3)4)21-13(2)12-22-18(23)15-9-7-6-8-14(15)11-20-22/h6-9,11,13,16-17,21H,5,10,12H2,1-4H3. The molecule has 1 fully saturated rings. The SMILES string of the molecule is CCOC1CC(NC(C)Cn2ncc3ccccc3c2=O)C1(C)C. The van der Waals surface area contributed by atoms with E-state index >= 15 is 0 Å². The van der Waals surface area contributed by atoms with Crippen molar-refractivity contribution in [2.24, 2.45) is 5.41 Å². The van der Waals surface area contributed by atoms with Crippen LogP contribution in [0.4, 0.5) is 0 Å². The Morgan fingerprint density at radius 1 is 1.42 bits per heavy atom. The van der Waals surface area contributed by atoms with Crippen molar-refractivity contribution in [1.29, 1.82) is 0 Å². The Bertz CT molecular complexity index is 769. The van der Waals surface area contributed by atoms with Crippen molar-refractivity contribution < 1.29 is 4.74 Å². The molecule has 1 saturated carbocycles. The first-order valence-electron chi connectivity index (χ1n) is 8.76. The molecule has 5 nitrogen and oxygen atoms in total. The molecule has 1 aliphatic carbocycles. The van der Waals surface area contributed by atoms with Crippen LogP contribution in [0.5, 0.6) is 0 Å². The van der Waals surface area contributed by atoms with Crippen LogP contribution >= 0.6 is 0 Å². The molecule has 2 aromatic rings. The van der Waals surface area contributed by atoms with Gasteiger partial charge in [0.1, 0.15) is 0 Å². The van der Waals surface area contributed by atoms with E-state index in [0.717, 1.165) is 23.8 Å². The number of hydrogen-bond donors (Lipinski definition) is 1. The van der Waals surface area contributed by atoms with E-state index in [9.17, 15) is 4.79 Å². The predicted octanol–water partition coefficient (Wildman–Crippen LogP) is 2.58. The van der Waals surface area contributed by atoms with E-state index in [1.807, 2.05) is 31.2 Å². The molecular weight excluding hydrogens is 302 g/mol. The molecule has 0 saturated heterocycles. The van der Waals surface area contributed by atoms with Gasteiger partial charge in [0.25, 0.3) is 5.56 Å². The summed E-state index contributed by atoms with van der Waals surface area (Å²) in [5.41, 5.74) is 0.0910. The average Bonchev–Trinajstić information content (AvgIpc) is 2.57. The van der Waals surface area contributed by atoms with Crippen LogP contribution in [0.25, 0.3) is 10.8 Å². The molecule has 1 aliphatic rings. The van der Waals surface area contributed by atoms with E-state index < -0.39 is 0 Å². The maximum absolute atomic E-state index is 12.6. The van der Waals surface area contributed by atoms with Gasteiger partial charge in [-0.2, -0.15) is 5.10 Å². The second kappa shape index (κ2) is 6.65. The van der Waals surface area contributed by atoms with E-state index in [1.165, 1.54) is 0 Å². The van der Waals surface area contributed by atoms with Crippen molar-refractivity contribution in [3.63, 3.8) is 0 Å². The molecule has 0 amide bonds. The lowest BCUT2D eigenvalue weighted by atomic mass is 9.64. The predicted molar refractivity (Wildman–Crippen MR) is 96.2 cm³/mol. The van der Waals surface area contributed by atoms with Crippen LogP contribution in [0.1, 0.15) is 34.1 Å². The van der Waals surface area contributed by atoms with E-state index in [2.05, 4.69) is 31.2 Å². The van der Waals surface area contributed by atoms with Gasteiger partial charge in [-0.3, -0.25) is 4.79 Å². The molecular formula is C19H27N3O2. The number of nitrogens with one attached hydrogen (secondary N) is 1. The zero-order valence-electron chi connectivity index (χ0n) is 15.0. The van der Waals surface area contributed by atoms with E-state index in [-0.39, 0.29) is 17.0 Å². The van der Waals surface area contributed by atoms with Crippen molar-refractivity contribution in [3.8, 4) is 0 Å². The Kier molecular flexibility index (Phi) is 4.74. The monoisotopic (exact) mass is 329 g/mol. The maximum Gasteiger partial charge on any atom is 0.274 e. The van der Waals surface area contributed by atoms with Crippen molar-refractivity contribution >= 4 is 10.8 Å². The minimum Gasteiger partial charge on any atom is -0.378 e. The van der Waals surface area contributed by atoms with E-state index in [0.29, 0.717) is 18.7 Å². The first-order chi connectivity index (χ1) is 11.4. The van der Waals surface area contributed by atoms with Crippen molar-refractivity contribution in [1.82, 2.24) is 15.1 Å². The summed E-state index contributed by atoms with van der Waals surface area (Å²) in [6, 6.07) is 8.16. The van der Waals surface area contributed by atoms with Gasteiger partial charge in [-0.05, 0) is 26.3 Å². The minimum atomic E-state index is -0.0261. The second-order valence-corrected chi connectivity index (χ2v) is 7.34. The van der Waals surface area contributed by atoms with Gasteiger partial charge in [0.05, 0.1) is 24.2 Å². The summed E-state index contributed by atoms with van der Waals surface area (Å²) in [5, 5.41) is 9.57. The zero-order chi connectivity index (χ0) is 17.3. The van der Waals surface area contributed by atoms with Crippen LogP contribution in [0.2, 0.25) is 0 Å². The molecule has 3 atom stereocenters. The summed E-state index contributed by atoms with van der Waals surface area (Å²) in [4.78, 5) is 12.6.